The summed E-state index contributed by atoms with van der Waals surface area (Å²) in [5, 5.41) is 8.77. The Balaban J connectivity index is 2.21. The molecular weight excluding hydrogens is 176 g/mol. The van der Waals surface area contributed by atoms with Crippen molar-refractivity contribution in [2.75, 3.05) is 13.6 Å². The lowest BCUT2D eigenvalue weighted by Crippen LogP contribution is -2.26. The molecule has 2 rings (SSSR count). The highest BCUT2D eigenvalue weighted by molar-refractivity contribution is 7.03. The van der Waals surface area contributed by atoms with E-state index in [1.807, 2.05) is 5.38 Å². The first kappa shape index (κ1) is 7.63. The molecule has 0 aromatic carbocycles. The van der Waals surface area contributed by atoms with Gasteiger partial charge in [0.15, 0.2) is 0 Å². The van der Waals surface area contributed by atoms with E-state index in [0.717, 1.165) is 5.69 Å². The van der Waals surface area contributed by atoms with Crippen molar-refractivity contribution in [3.8, 4) is 0 Å². The van der Waals surface area contributed by atoms with Crippen LogP contribution in [0, 0.1) is 0 Å². The molecule has 1 aromatic heterocycles. The second-order valence-electron chi connectivity index (χ2n) is 2.62. The fraction of sp³-hybridized carbons (Fsp3) is 0.500. The van der Waals surface area contributed by atoms with Crippen LogP contribution in [0.4, 0.5) is 0 Å². The lowest BCUT2D eigenvalue weighted by molar-refractivity contribution is -0.126. The normalized spacial score (nSPS) is 23.6. The minimum Gasteiger partial charge on any atom is -0.323 e. The summed E-state index contributed by atoms with van der Waals surface area (Å²) in [5.74, 6) is 0.0907. The molecule has 1 unspecified atom stereocenters. The summed E-state index contributed by atoms with van der Waals surface area (Å²) < 4.78 is 3.74. The minimum absolute atomic E-state index is 0.0868. The number of amides is 1. The van der Waals surface area contributed by atoms with E-state index in [4.69, 9.17) is 0 Å². The number of likely N-dealkylation sites (N-methyl/N-ethyl adjacent to an activating group) is 1. The summed E-state index contributed by atoms with van der Waals surface area (Å²) in [5.41, 5.74) is 0.813. The van der Waals surface area contributed by atoms with Crippen molar-refractivity contribution >= 4 is 17.4 Å². The average Bonchev–Trinajstić information content (AvgIpc) is 2.64. The van der Waals surface area contributed by atoms with Crippen molar-refractivity contribution in [3.05, 3.63) is 11.1 Å². The predicted molar refractivity (Wildman–Crippen MR) is 43.4 cm³/mol. The zero-order valence-corrected chi connectivity index (χ0v) is 7.34. The molecular formula is C6H8N4OS. The Hall–Kier alpha value is -1.01. The Morgan fingerprint density at radius 2 is 2.67 bits per heavy atom. The first-order chi connectivity index (χ1) is 5.79. The van der Waals surface area contributed by atoms with Crippen LogP contribution < -0.4 is 5.32 Å². The third kappa shape index (κ3) is 1.09. The highest BCUT2D eigenvalue weighted by atomic mass is 32.1. The van der Waals surface area contributed by atoms with E-state index in [2.05, 4.69) is 14.9 Å². The summed E-state index contributed by atoms with van der Waals surface area (Å²) in [6.45, 7) is 0.388. The molecule has 12 heavy (non-hydrogen) atoms. The van der Waals surface area contributed by atoms with Gasteiger partial charge in [0.1, 0.15) is 11.9 Å². The van der Waals surface area contributed by atoms with Crippen LogP contribution in [0.25, 0.3) is 0 Å². The first-order valence-electron chi connectivity index (χ1n) is 3.55. The summed E-state index contributed by atoms with van der Waals surface area (Å²) in [6, 6.07) is 0. The van der Waals surface area contributed by atoms with Gasteiger partial charge in [0, 0.05) is 12.4 Å². The Labute approximate surface area is 73.5 Å². The van der Waals surface area contributed by atoms with Gasteiger partial charge in [-0.25, -0.2) is 0 Å². The third-order valence-electron chi connectivity index (χ3n) is 1.88. The molecule has 1 atom stereocenters. The minimum atomic E-state index is -0.0868. The Bertz CT molecular complexity index is 286. The molecule has 1 amide bonds. The summed E-state index contributed by atoms with van der Waals surface area (Å²) in [4.78, 5) is 12.7. The largest absolute Gasteiger partial charge is 0.323 e. The molecule has 1 aromatic rings. The molecule has 1 aliphatic rings. The van der Waals surface area contributed by atoms with Crippen LogP contribution in [-0.2, 0) is 4.79 Å². The molecule has 6 heteroatoms. The van der Waals surface area contributed by atoms with E-state index < -0.39 is 0 Å². The number of rotatable bonds is 1. The van der Waals surface area contributed by atoms with E-state index >= 15 is 0 Å². The maximum atomic E-state index is 11.1. The molecule has 1 saturated heterocycles. The van der Waals surface area contributed by atoms with E-state index in [9.17, 15) is 4.79 Å². The fourth-order valence-corrected chi connectivity index (χ4v) is 1.66. The molecule has 0 radical (unpaired) electrons. The SMILES string of the molecule is CN1C(=O)CNC1c1csnn1. The standard InChI is InChI=1S/C6H8N4OS/c1-10-5(11)2-7-6(10)4-3-12-9-8-4/h3,6-7H,2H2,1H3. The monoisotopic (exact) mass is 184 g/mol. The van der Waals surface area contributed by atoms with Crippen molar-refractivity contribution in [3.63, 3.8) is 0 Å². The van der Waals surface area contributed by atoms with Gasteiger partial charge in [-0.15, -0.1) is 5.10 Å². The molecule has 0 aliphatic carbocycles. The van der Waals surface area contributed by atoms with Gasteiger partial charge in [0.05, 0.1) is 6.54 Å². The Morgan fingerprint density at radius 3 is 3.17 bits per heavy atom. The Kier molecular flexibility index (Phi) is 1.78. The second-order valence-corrected chi connectivity index (χ2v) is 3.23. The van der Waals surface area contributed by atoms with Gasteiger partial charge in [0.25, 0.3) is 0 Å². The Morgan fingerprint density at radius 1 is 1.83 bits per heavy atom. The van der Waals surface area contributed by atoms with E-state index in [1.165, 1.54) is 11.5 Å². The maximum Gasteiger partial charge on any atom is 0.237 e. The van der Waals surface area contributed by atoms with Crippen LogP contribution >= 0.6 is 11.5 Å². The van der Waals surface area contributed by atoms with Crippen molar-refractivity contribution < 1.29 is 4.79 Å². The quantitative estimate of drug-likeness (QED) is 0.645. The number of nitrogens with one attached hydrogen (secondary N) is 1. The van der Waals surface area contributed by atoms with E-state index in [-0.39, 0.29) is 12.1 Å². The lowest BCUT2D eigenvalue weighted by atomic mass is 10.4. The molecule has 0 bridgehead atoms. The number of carbonyl (C=O) groups excluding carboxylic acids is 1. The summed E-state index contributed by atoms with van der Waals surface area (Å²) >= 11 is 1.29. The van der Waals surface area contributed by atoms with E-state index in [1.54, 1.807) is 11.9 Å². The number of hydrogen-bond acceptors (Lipinski definition) is 5. The van der Waals surface area contributed by atoms with Crippen LogP contribution in [0.2, 0.25) is 0 Å². The number of carbonyl (C=O) groups is 1. The van der Waals surface area contributed by atoms with E-state index in [0.29, 0.717) is 6.54 Å². The van der Waals surface area contributed by atoms with Crippen molar-refractivity contribution in [2.45, 2.75) is 6.17 Å². The zero-order chi connectivity index (χ0) is 8.55. The molecule has 2 heterocycles. The maximum absolute atomic E-state index is 11.1. The highest BCUT2D eigenvalue weighted by Gasteiger charge is 2.29. The van der Waals surface area contributed by atoms with Gasteiger partial charge in [-0.3, -0.25) is 10.1 Å². The van der Waals surface area contributed by atoms with Gasteiger partial charge in [-0.2, -0.15) is 0 Å². The van der Waals surface area contributed by atoms with Crippen LogP contribution in [0.3, 0.4) is 0 Å². The predicted octanol–water partition coefficient (Wildman–Crippen LogP) is -0.402. The lowest BCUT2D eigenvalue weighted by Gasteiger charge is -2.16. The summed E-state index contributed by atoms with van der Waals surface area (Å²) in [6.07, 6.45) is -0.0868. The molecule has 5 nitrogen and oxygen atoms in total. The molecule has 64 valence electrons. The van der Waals surface area contributed by atoms with Gasteiger partial charge < -0.3 is 4.90 Å². The van der Waals surface area contributed by atoms with Crippen molar-refractivity contribution in [2.24, 2.45) is 0 Å². The molecule has 0 spiro atoms. The molecule has 0 saturated carbocycles. The van der Waals surface area contributed by atoms with Gasteiger partial charge in [-0.05, 0) is 11.5 Å². The second kappa shape index (κ2) is 2.80. The van der Waals surface area contributed by atoms with Crippen LogP contribution in [0.1, 0.15) is 11.9 Å². The van der Waals surface area contributed by atoms with Gasteiger partial charge in [-0.1, -0.05) is 4.49 Å². The average molecular weight is 184 g/mol. The smallest absolute Gasteiger partial charge is 0.237 e. The number of nitrogens with zero attached hydrogens (tertiary/aromatic N) is 3. The highest BCUT2D eigenvalue weighted by Crippen LogP contribution is 2.18. The zero-order valence-electron chi connectivity index (χ0n) is 6.52. The molecule has 1 aliphatic heterocycles. The number of hydrogen-bond donors (Lipinski definition) is 1. The first-order valence-corrected chi connectivity index (χ1v) is 4.38. The van der Waals surface area contributed by atoms with Gasteiger partial charge in [0.2, 0.25) is 5.91 Å². The van der Waals surface area contributed by atoms with Crippen molar-refractivity contribution in [1.29, 1.82) is 0 Å². The van der Waals surface area contributed by atoms with Crippen molar-refractivity contribution in [1.82, 2.24) is 19.8 Å². The van der Waals surface area contributed by atoms with Crippen LogP contribution in [0.5, 0.6) is 0 Å². The fourth-order valence-electron chi connectivity index (χ4n) is 1.18. The summed E-state index contributed by atoms with van der Waals surface area (Å²) in [7, 11) is 1.76. The number of aromatic nitrogens is 2. The topological polar surface area (TPSA) is 58.1 Å². The van der Waals surface area contributed by atoms with Crippen LogP contribution in [-0.4, -0.2) is 34.0 Å². The van der Waals surface area contributed by atoms with Crippen LogP contribution in [0.15, 0.2) is 5.38 Å². The molecule has 1 N–H and O–H groups in total. The third-order valence-corrected chi connectivity index (χ3v) is 2.41. The van der Waals surface area contributed by atoms with Gasteiger partial charge >= 0.3 is 0 Å². The molecule has 1 fully saturated rings.